The molecule has 0 unspecified atom stereocenters. The molecule has 9 nitrogen and oxygen atoms in total. The predicted octanol–water partition coefficient (Wildman–Crippen LogP) is 6.65. The zero-order chi connectivity index (χ0) is 30.3. The summed E-state index contributed by atoms with van der Waals surface area (Å²) in [4.78, 5) is 29.9. The van der Waals surface area contributed by atoms with E-state index in [2.05, 4.69) is 14.9 Å². The average Bonchev–Trinajstić information content (AvgIpc) is 3.33. The molecule has 0 atom stereocenters. The number of ether oxygens (including phenoxy) is 2. The Kier molecular flexibility index (Phi) is 7.55. The molecule has 2 aliphatic rings. The van der Waals surface area contributed by atoms with Crippen LogP contribution in [0.1, 0.15) is 26.5 Å². The largest absolute Gasteiger partial charge is 0.444 e. The molecule has 12 heteroatoms. The van der Waals surface area contributed by atoms with Crippen LogP contribution in [0.2, 0.25) is 0 Å². The molecular formula is C31H32F3N5O4. The molecule has 6 rings (SSSR count). The van der Waals surface area contributed by atoms with Crippen molar-refractivity contribution in [2.75, 3.05) is 42.7 Å². The number of nitrogens with zero attached hydrogens (tertiary/aromatic N) is 4. The van der Waals surface area contributed by atoms with E-state index in [0.717, 1.165) is 11.5 Å². The summed E-state index contributed by atoms with van der Waals surface area (Å²) in [5.41, 5.74) is 2.64. The number of aromatic nitrogens is 2. The number of halogens is 3. The lowest BCUT2D eigenvalue weighted by molar-refractivity contribution is -0.0500. The number of nitrogens with one attached hydrogen (secondary N) is 1. The number of rotatable bonds is 5. The monoisotopic (exact) mass is 595 g/mol. The fourth-order valence-electron chi connectivity index (χ4n) is 5.38. The van der Waals surface area contributed by atoms with Gasteiger partial charge >= 0.3 is 12.7 Å². The highest BCUT2D eigenvalue weighted by Gasteiger charge is 2.29. The number of hydrogen-bond donors (Lipinski definition) is 1. The number of alkyl halides is 2. The number of carbonyl (C=O) groups excluding carboxylic acids is 1. The van der Waals surface area contributed by atoms with Gasteiger partial charge in [0, 0.05) is 61.0 Å². The SMILES string of the molecule is CC(C)(C)OC(=O)N1CCN(c2ccc(-c3cc4c5c([nH]c4cc3F)CCON5c3ccccc3OC(F)F)cn2)CC1. The normalized spacial score (nSPS) is 15.7. The number of amides is 1. The zero-order valence-electron chi connectivity index (χ0n) is 24.1. The molecule has 2 aromatic heterocycles. The first-order valence-electron chi connectivity index (χ1n) is 14.1. The third kappa shape index (κ3) is 5.92. The van der Waals surface area contributed by atoms with Crippen molar-refractivity contribution in [1.29, 1.82) is 0 Å². The molecule has 0 radical (unpaired) electrons. The molecule has 1 N–H and O–H groups in total. The van der Waals surface area contributed by atoms with Crippen molar-refractivity contribution in [3.8, 4) is 16.9 Å². The van der Waals surface area contributed by atoms with Gasteiger partial charge in [0.25, 0.3) is 0 Å². The van der Waals surface area contributed by atoms with Gasteiger partial charge in [-0.1, -0.05) is 12.1 Å². The highest BCUT2D eigenvalue weighted by molar-refractivity contribution is 5.99. The minimum atomic E-state index is -3.00. The Morgan fingerprint density at radius 3 is 2.53 bits per heavy atom. The van der Waals surface area contributed by atoms with Crippen molar-refractivity contribution in [2.24, 2.45) is 0 Å². The summed E-state index contributed by atoms with van der Waals surface area (Å²) < 4.78 is 51.9. The summed E-state index contributed by atoms with van der Waals surface area (Å²) in [6, 6.07) is 13.2. The third-order valence-corrected chi connectivity index (χ3v) is 7.32. The van der Waals surface area contributed by atoms with Crippen LogP contribution < -0.4 is 14.7 Å². The topological polar surface area (TPSA) is 83.2 Å². The standard InChI is InChI=1S/C31H32F3N5O4/c1-31(2,3)43-30(40)38-13-11-37(12-14-38)27-9-8-19(18-35-27)20-16-21-24(17-22(20)32)36-23-10-15-41-39(28(21)23)25-6-4-5-7-26(25)42-29(33)34/h4-9,16-18,29,36H,10-15H2,1-3H3. The van der Waals surface area contributed by atoms with Gasteiger partial charge in [-0.2, -0.15) is 8.78 Å². The van der Waals surface area contributed by atoms with Crippen LogP contribution >= 0.6 is 0 Å². The molecule has 0 spiro atoms. The van der Waals surface area contributed by atoms with Crippen molar-refractivity contribution >= 4 is 34.2 Å². The summed E-state index contributed by atoms with van der Waals surface area (Å²) >= 11 is 0. The van der Waals surface area contributed by atoms with Crippen molar-refractivity contribution in [2.45, 2.75) is 39.4 Å². The van der Waals surface area contributed by atoms with Gasteiger partial charge in [0.1, 0.15) is 22.9 Å². The van der Waals surface area contributed by atoms with E-state index in [-0.39, 0.29) is 11.8 Å². The summed E-state index contributed by atoms with van der Waals surface area (Å²) in [5.74, 6) is 0.262. The molecule has 1 amide bonds. The molecule has 4 aromatic rings. The number of fused-ring (bicyclic) bond motifs is 3. The first-order chi connectivity index (χ1) is 20.6. The number of carbonyl (C=O) groups is 1. The molecule has 2 aromatic carbocycles. The number of pyridine rings is 1. The predicted molar refractivity (Wildman–Crippen MR) is 156 cm³/mol. The Hall–Kier alpha value is -4.45. The lowest BCUT2D eigenvalue weighted by atomic mass is 10.0. The van der Waals surface area contributed by atoms with Gasteiger partial charge in [-0.15, -0.1) is 0 Å². The quantitative estimate of drug-likeness (QED) is 0.277. The molecule has 4 heterocycles. The van der Waals surface area contributed by atoms with Crippen LogP contribution in [0.15, 0.2) is 54.7 Å². The lowest BCUT2D eigenvalue weighted by Crippen LogP contribution is -2.50. The number of piperazine rings is 1. The van der Waals surface area contributed by atoms with E-state index < -0.39 is 18.0 Å². The van der Waals surface area contributed by atoms with Crippen LogP contribution in [0.25, 0.3) is 22.0 Å². The maximum Gasteiger partial charge on any atom is 0.410 e. The van der Waals surface area contributed by atoms with E-state index in [9.17, 15) is 13.6 Å². The molecule has 43 heavy (non-hydrogen) atoms. The van der Waals surface area contributed by atoms with Gasteiger partial charge in [0.05, 0.1) is 17.8 Å². The molecule has 2 aliphatic heterocycles. The number of para-hydroxylation sites is 2. The maximum atomic E-state index is 15.4. The number of H-pyrrole nitrogens is 1. The van der Waals surface area contributed by atoms with Crippen LogP contribution in [-0.2, 0) is 16.0 Å². The molecule has 1 fully saturated rings. The smallest absolute Gasteiger partial charge is 0.410 e. The second-order valence-corrected chi connectivity index (χ2v) is 11.4. The molecule has 226 valence electrons. The molecule has 0 bridgehead atoms. The Morgan fingerprint density at radius 2 is 1.84 bits per heavy atom. The summed E-state index contributed by atoms with van der Waals surface area (Å²) in [6.07, 6.45) is 1.83. The minimum absolute atomic E-state index is 0.0336. The fourth-order valence-corrected chi connectivity index (χ4v) is 5.38. The Labute approximate surface area is 246 Å². The van der Waals surface area contributed by atoms with Crippen LogP contribution in [0, 0.1) is 5.82 Å². The first kappa shape index (κ1) is 28.7. The summed E-state index contributed by atoms with van der Waals surface area (Å²) in [5, 5.41) is 2.13. The number of benzene rings is 2. The Bertz CT molecular complexity index is 1630. The van der Waals surface area contributed by atoms with E-state index in [1.807, 2.05) is 32.9 Å². The summed E-state index contributed by atoms with van der Waals surface area (Å²) in [6.45, 7) is 5.01. The fraction of sp³-hybridized carbons (Fsp3) is 0.355. The Morgan fingerprint density at radius 1 is 1.07 bits per heavy atom. The lowest BCUT2D eigenvalue weighted by Gasteiger charge is -2.36. The van der Waals surface area contributed by atoms with E-state index in [1.165, 1.54) is 17.2 Å². The van der Waals surface area contributed by atoms with Gasteiger partial charge in [0.15, 0.2) is 5.75 Å². The molecule has 0 saturated carbocycles. The van der Waals surface area contributed by atoms with E-state index in [0.29, 0.717) is 72.6 Å². The molecule has 1 saturated heterocycles. The van der Waals surface area contributed by atoms with Crippen LogP contribution in [-0.4, -0.2) is 66.0 Å². The van der Waals surface area contributed by atoms with Crippen molar-refractivity contribution < 1.29 is 32.3 Å². The van der Waals surface area contributed by atoms with Gasteiger partial charge in [-0.05, 0) is 57.2 Å². The first-order valence-corrected chi connectivity index (χ1v) is 14.1. The van der Waals surface area contributed by atoms with Crippen LogP contribution in [0.4, 0.5) is 35.2 Å². The number of anilines is 3. The number of aromatic amines is 1. The third-order valence-electron chi connectivity index (χ3n) is 7.32. The van der Waals surface area contributed by atoms with E-state index >= 15 is 4.39 Å². The molecular weight excluding hydrogens is 563 g/mol. The van der Waals surface area contributed by atoms with Gasteiger partial charge in [-0.3, -0.25) is 4.84 Å². The zero-order valence-corrected chi connectivity index (χ0v) is 24.1. The van der Waals surface area contributed by atoms with Crippen molar-refractivity contribution in [3.63, 3.8) is 0 Å². The van der Waals surface area contributed by atoms with Crippen molar-refractivity contribution in [3.05, 3.63) is 66.2 Å². The average molecular weight is 596 g/mol. The number of hydrogen-bond acceptors (Lipinski definition) is 7. The van der Waals surface area contributed by atoms with Crippen LogP contribution in [0.5, 0.6) is 5.75 Å². The highest BCUT2D eigenvalue weighted by atomic mass is 19.3. The second kappa shape index (κ2) is 11.3. The van der Waals surface area contributed by atoms with Gasteiger partial charge < -0.3 is 24.3 Å². The van der Waals surface area contributed by atoms with E-state index in [4.69, 9.17) is 14.3 Å². The van der Waals surface area contributed by atoms with Gasteiger partial charge in [-0.25, -0.2) is 19.2 Å². The summed E-state index contributed by atoms with van der Waals surface area (Å²) in [7, 11) is 0. The van der Waals surface area contributed by atoms with Crippen molar-refractivity contribution in [1.82, 2.24) is 14.9 Å². The van der Waals surface area contributed by atoms with Gasteiger partial charge in [0.2, 0.25) is 0 Å². The highest BCUT2D eigenvalue weighted by Crippen LogP contribution is 2.44. The second-order valence-electron chi connectivity index (χ2n) is 11.4. The molecule has 0 aliphatic carbocycles. The minimum Gasteiger partial charge on any atom is -0.444 e. The van der Waals surface area contributed by atoms with Crippen LogP contribution in [0.3, 0.4) is 0 Å². The Balaban J connectivity index is 1.26. The van der Waals surface area contributed by atoms with E-state index in [1.54, 1.807) is 35.4 Å². The maximum absolute atomic E-state index is 15.4.